The highest BCUT2D eigenvalue weighted by molar-refractivity contribution is 6.34. The van der Waals surface area contributed by atoms with Crippen molar-refractivity contribution in [3.8, 4) is 11.1 Å². The number of nitrogens with two attached hydrogens (primary N) is 3. The molecule has 1 aliphatic rings. The van der Waals surface area contributed by atoms with Gasteiger partial charge in [-0.25, -0.2) is 4.99 Å². The smallest absolute Gasteiger partial charge is 0.135 e. The molecular formula is C28H39ClN8. The van der Waals surface area contributed by atoms with Crippen LogP contribution in [0.25, 0.3) is 11.1 Å². The number of H-pyrrole nitrogens is 1. The number of halogens is 1. The maximum atomic E-state index is 6.52. The van der Waals surface area contributed by atoms with E-state index in [0.717, 1.165) is 35.2 Å². The molecule has 2 atom stereocenters. The average Bonchev–Trinajstić information content (AvgIpc) is 3.58. The number of aryl methyl sites for hydroxylation is 2. The number of hydrogen-bond donors (Lipinski definition) is 4. The Hall–Kier alpha value is -3.36. The zero-order valence-corrected chi connectivity index (χ0v) is 23.3. The van der Waals surface area contributed by atoms with Crippen LogP contribution in [0, 0.1) is 12.3 Å². The zero-order chi connectivity index (χ0) is 27.3. The molecule has 1 aliphatic carbocycles. The van der Waals surface area contributed by atoms with Gasteiger partial charge in [-0.2, -0.15) is 5.10 Å². The molecule has 0 aliphatic heterocycles. The van der Waals surface area contributed by atoms with Gasteiger partial charge in [0.05, 0.1) is 39.9 Å². The Morgan fingerprint density at radius 3 is 2.54 bits per heavy atom. The zero-order valence-electron chi connectivity index (χ0n) is 22.6. The van der Waals surface area contributed by atoms with E-state index >= 15 is 0 Å². The second kappa shape index (κ2) is 11.8. The SMILES string of the molecule is CC.Cc1ccc(Cl)c(N=C(N)/C(=C/N)C(=NC2CCC(N)C2(C)C)c2cc(-c3cnn(C)c3)c[nH]2)c1. The molecule has 0 saturated heterocycles. The van der Waals surface area contributed by atoms with Crippen molar-refractivity contribution in [2.45, 2.75) is 59.5 Å². The molecular weight excluding hydrogens is 484 g/mol. The van der Waals surface area contributed by atoms with Crippen molar-refractivity contribution in [3.05, 3.63) is 70.9 Å². The molecule has 2 unspecified atom stereocenters. The van der Waals surface area contributed by atoms with Gasteiger partial charge in [-0.1, -0.05) is 45.4 Å². The van der Waals surface area contributed by atoms with Gasteiger partial charge in [-0.05, 0) is 43.5 Å². The quantitative estimate of drug-likeness (QED) is 0.260. The summed E-state index contributed by atoms with van der Waals surface area (Å²) in [6, 6.07) is 7.70. The van der Waals surface area contributed by atoms with E-state index in [9.17, 15) is 0 Å². The van der Waals surface area contributed by atoms with Gasteiger partial charge in [-0.3, -0.25) is 9.67 Å². The number of nitrogens with one attached hydrogen (secondary N) is 1. The molecule has 2 heterocycles. The summed E-state index contributed by atoms with van der Waals surface area (Å²) in [5.74, 6) is 0.233. The summed E-state index contributed by atoms with van der Waals surface area (Å²) in [5.41, 5.74) is 24.4. The minimum Gasteiger partial charge on any atom is -0.404 e. The van der Waals surface area contributed by atoms with E-state index in [1.807, 2.05) is 64.6 Å². The largest absolute Gasteiger partial charge is 0.404 e. The Labute approximate surface area is 224 Å². The number of aromatic nitrogens is 3. The molecule has 1 fully saturated rings. The van der Waals surface area contributed by atoms with Crippen LogP contribution in [-0.2, 0) is 7.05 Å². The maximum absolute atomic E-state index is 6.52. The van der Waals surface area contributed by atoms with Gasteiger partial charge >= 0.3 is 0 Å². The molecule has 198 valence electrons. The molecule has 3 aromatic rings. The third-order valence-corrected chi connectivity index (χ3v) is 7.19. The van der Waals surface area contributed by atoms with Crippen molar-refractivity contribution < 1.29 is 0 Å². The van der Waals surface area contributed by atoms with Gasteiger partial charge in [0.2, 0.25) is 0 Å². The van der Waals surface area contributed by atoms with Crippen molar-refractivity contribution in [2.24, 2.45) is 39.6 Å². The summed E-state index contributed by atoms with van der Waals surface area (Å²) in [4.78, 5) is 13.1. The first-order valence-electron chi connectivity index (χ1n) is 12.6. The summed E-state index contributed by atoms with van der Waals surface area (Å²) >= 11 is 6.38. The molecule has 9 heteroatoms. The van der Waals surface area contributed by atoms with Crippen molar-refractivity contribution in [1.29, 1.82) is 0 Å². The van der Waals surface area contributed by atoms with Gasteiger partial charge < -0.3 is 22.2 Å². The first-order valence-corrected chi connectivity index (χ1v) is 13.0. The summed E-state index contributed by atoms with van der Waals surface area (Å²) in [5, 5.41) is 4.78. The molecule has 7 N–H and O–H groups in total. The fraction of sp³-hybridized carbons (Fsp3) is 0.393. The normalized spacial score (nSPS) is 20.1. The van der Waals surface area contributed by atoms with Gasteiger partial charge in [0.1, 0.15) is 5.84 Å². The monoisotopic (exact) mass is 522 g/mol. The molecule has 37 heavy (non-hydrogen) atoms. The number of amidine groups is 1. The van der Waals surface area contributed by atoms with Crippen LogP contribution in [0.4, 0.5) is 5.69 Å². The van der Waals surface area contributed by atoms with E-state index in [1.165, 1.54) is 6.20 Å². The minimum absolute atomic E-state index is 0.00273. The van der Waals surface area contributed by atoms with Crippen LogP contribution in [-0.4, -0.2) is 38.4 Å². The standard InChI is InChI=1S/C26H33ClN8.C2H6/c1-15-5-6-19(27)20(9-15)33-25(30)18(11-28)24(34-23-8-7-22(29)26(23,2)3)21-10-16(12-31-21)17-13-32-35(4)14-17;1-2/h5-6,9-14,22-23,31H,7-8,28-29H2,1-4H3,(H2,30,33);1-2H3/b18-11+,34-24?;. The van der Waals surface area contributed by atoms with Gasteiger partial charge in [0.25, 0.3) is 0 Å². The maximum Gasteiger partial charge on any atom is 0.135 e. The summed E-state index contributed by atoms with van der Waals surface area (Å²) in [6.45, 7) is 10.3. The molecule has 4 rings (SSSR count). The molecule has 8 nitrogen and oxygen atoms in total. The van der Waals surface area contributed by atoms with Crippen LogP contribution >= 0.6 is 11.6 Å². The third-order valence-electron chi connectivity index (χ3n) is 6.87. The Morgan fingerprint density at radius 1 is 1.22 bits per heavy atom. The van der Waals surface area contributed by atoms with E-state index < -0.39 is 0 Å². The average molecular weight is 523 g/mol. The minimum atomic E-state index is -0.171. The first-order chi connectivity index (χ1) is 17.6. The molecule has 1 saturated carbocycles. The summed E-state index contributed by atoms with van der Waals surface area (Å²) in [7, 11) is 1.89. The van der Waals surface area contributed by atoms with Crippen LogP contribution < -0.4 is 17.2 Å². The Balaban J connectivity index is 0.00000186. The van der Waals surface area contributed by atoms with E-state index in [0.29, 0.717) is 22.0 Å². The lowest BCUT2D eigenvalue weighted by Crippen LogP contribution is -2.38. The summed E-state index contributed by atoms with van der Waals surface area (Å²) < 4.78 is 1.76. The number of rotatable bonds is 6. The van der Waals surface area contributed by atoms with Crippen LogP contribution in [0.15, 0.2) is 64.6 Å². The van der Waals surface area contributed by atoms with Gasteiger partial charge in [-0.15, -0.1) is 0 Å². The Kier molecular flexibility index (Phi) is 8.99. The lowest BCUT2D eigenvalue weighted by molar-refractivity contribution is 0.296. The second-order valence-corrected chi connectivity index (χ2v) is 10.1. The Bertz CT molecular complexity index is 1310. The molecule has 2 aromatic heterocycles. The van der Waals surface area contributed by atoms with Crippen molar-refractivity contribution in [3.63, 3.8) is 0 Å². The number of hydrogen-bond acceptors (Lipinski definition) is 5. The predicted molar refractivity (Wildman–Crippen MR) is 155 cm³/mol. The van der Waals surface area contributed by atoms with Crippen LogP contribution in [0.2, 0.25) is 5.02 Å². The van der Waals surface area contributed by atoms with Crippen LogP contribution in [0.1, 0.15) is 51.8 Å². The highest BCUT2D eigenvalue weighted by Crippen LogP contribution is 2.39. The number of aliphatic imine (C=N–C) groups is 2. The van der Waals surface area contributed by atoms with Crippen molar-refractivity contribution >= 4 is 28.8 Å². The number of benzene rings is 1. The van der Waals surface area contributed by atoms with Crippen LogP contribution in [0.3, 0.4) is 0 Å². The molecule has 0 bridgehead atoms. The highest BCUT2D eigenvalue weighted by Gasteiger charge is 2.41. The molecule has 0 spiro atoms. The van der Waals surface area contributed by atoms with E-state index in [-0.39, 0.29) is 23.3 Å². The highest BCUT2D eigenvalue weighted by atomic mass is 35.5. The fourth-order valence-electron chi connectivity index (χ4n) is 4.45. The summed E-state index contributed by atoms with van der Waals surface area (Å²) in [6.07, 6.45) is 8.94. The van der Waals surface area contributed by atoms with Crippen molar-refractivity contribution in [2.75, 3.05) is 0 Å². The lowest BCUT2D eigenvalue weighted by atomic mass is 9.84. The molecule has 0 radical (unpaired) electrons. The number of aromatic amines is 1. The number of nitrogens with zero attached hydrogens (tertiary/aromatic N) is 4. The lowest BCUT2D eigenvalue weighted by Gasteiger charge is -2.29. The van der Waals surface area contributed by atoms with Crippen molar-refractivity contribution in [1.82, 2.24) is 14.8 Å². The van der Waals surface area contributed by atoms with E-state index in [4.69, 9.17) is 33.8 Å². The molecule has 0 amide bonds. The second-order valence-electron chi connectivity index (χ2n) is 9.74. The first kappa shape index (κ1) is 28.2. The Morgan fingerprint density at radius 2 is 1.95 bits per heavy atom. The fourth-order valence-corrected chi connectivity index (χ4v) is 4.61. The van der Waals surface area contributed by atoms with Crippen LogP contribution in [0.5, 0.6) is 0 Å². The predicted octanol–water partition coefficient (Wildman–Crippen LogP) is 5.24. The van der Waals surface area contributed by atoms with E-state index in [1.54, 1.807) is 10.7 Å². The van der Waals surface area contributed by atoms with E-state index in [2.05, 4.69) is 28.9 Å². The molecule has 1 aromatic carbocycles. The third kappa shape index (κ3) is 6.14. The van der Waals surface area contributed by atoms with Gasteiger partial charge in [0, 0.05) is 48.2 Å². The van der Waals surface area contributed by atoms with Gasteiger partial charge in [0.15, 0.2) is 0 Å². The topological polar surface area (TPSA) is 136 Å².